The van der Waals surface area contributed by atoms with Crippen LogP contribution < -0.4 is 10.5 Å². The van der Waals surface area contributed by atoms with Gasteiger partial charge >= 0.3 is 5.97 Å². The Kier molecular flexibility index (Phi) is 7.75. The first-order valence-electron chi connectivity index (χ1n) is 11.3. The quantitative estimate of drug-likeness (QED) is 0.437. The monoisotopic (exact) mass is 434 g/mol. The molecule has 1 aromatic heterocycles. The third-order valence-electron chi connectivity index (χ3n) is 6.37. The van der Waals surface area contributed by atoms with E-state index in [9.17, 15) is 4.79 Å². The largest absolute Gasteiger partial charge is 0.489 e. The summed E-state index contributed by atoms with van der Waals surface area (Å²) >= 11 is 0. The molecule has 0 aliphatic carbocycles. The van der Waals surface area contributed by atoms with E-state index < -0.39 is 0 Å². The van der Waals surface area contributed by atoms with Gasteiger partial charge in [-0.3, -0.25) is 0 Å². The molecule has 2 aromatic carbocycles. The van der Waals surface area contributed by atoms with E-state index in [1.54, 1.807) is 0 Å². The van der Waals surface area contributed by atoms with Gasteiger partial charge in [0.25, 0.3) is 0 Å². The van der Waals surface area contributed by atoms with Crippen LogP contribution in [-0.4, -0.2) is 17.1 Å². The maximum Gasteiger partial charge on any atom is 0.354 e. The first kappa shape index (κ1) is 23.6. The highest BCUT2D eigenvalue weighted by atomic mass is 16.5. The van der Waals surface area contributed by atoms with Crippen LogP contribution in [0.15, 0.2) is 60.7 Å². The number of esters is 1. The Morgan fingerprint density at radius 2 is 1.72 bits per heavy atom. The number of nitrogens with zero attached hydrogens (tertiary/aromatic N) is 1. The summed E-state index contributed by atoms with van der Waals surface area (Å²) in [4.78, 5) is 12.4. The van der Waals surface area contributed by atoms with Gasteiger partial charge in [-0.2, -0.15) is 0 Å². The molecule has 0 aliphatic rings. The molecular weight excluding hydrogens is 400 g/mol. The van der Waals surface area contributed by atoms with Gasteiger partial charge in [-0.05, 0) is 55.2 Å². The van der Waals surface area contributed by atoms with Crippen LogP contribution in [-0.2, 0) is 30.4 Å². The minimum atomic E-state index is -0.297. The summed E-state index contributed by atoms with van der Waals surface area (Å²) in [6.45, 7) is 7.43. The second kappa shape index (κ2) is 10.5. The summed E-state index contributed by atoms with van der Waals surface area (Å²) in [5, 5.41) is 0. The maximum atomic E-state index is 12.4. The topological polar surface area (TPSA) is 66.5 Å². The number of aromatic nitrogens is 1. The van der Waals surface area contributed by atoms with Gasteiger partial charge < -0.3 is 19.8 Å². The number of nitrogens with two attached hydrogens (primary N) is 1. The number of benzene rings is 2. The average molecular weight is 435 g/mol. The highest BCUT2D eigenvalue weighted by molar-refractivity contribution is 5.88. The summed E-state index contributed by atoms with van der Waals surface area (Å²) in [7, 11) is 1.93. The number of hydrogen-bond donors (Lipinski definition) is 1. The number of rotatable bonds is 10. The van der Waals surface area contributed by atoms with E-state index in [1.165, 1.54) is 5.56 Å². The van der Waals surface area contributed by atoms with E-state index in [-0.39, 0.29) is 11.4 Å². The fourth-order valence-corrected chi connectivity index (χ4v) is 4.48. The molecule has 2 N–H and O–H groups in total. The Labute approximate surface area is 191 Å². The number of carbonyl (C=O) groups is 1. The van der Waals surface area contributed by atoms with Gasteiger partial charge in [0, 0.05) is 30.3 Å². The van der Waals surface area contributed by atoms with Crippen LogP contribution in [0.5, 0.6) is 5.75 Å². The average Bonchev–Trinajstić information content (AvgIpc) is 3.22. The Balaban J connectivity index is 1.96. The molecular formula is C27H34N2O3. The Bertz CT molecular complexity index is 1040. The molecule has 1 heterocycles. The Morgan fingerprint density at radius 1 is 1.00 bits per heavy atom. The molecule has 0 radical (unpaired) electrons. The van der Waals surface area contributed by atoms with Crippen molar-refractivity contribution in [1.29, 1.82) is 0 Å². The van der Waals surface area contributed by atoms with Crippen molar-refractivity contribution in [2.75, 3.05) is 6.61 Å². The normalized spacial score (nSPS) is 11.4. The second-order valence-electron chi connectivity index (χ2n) is 7.97. The molecule has 0 saturated heterocycles. The lowest BCUT2D eigenvalue weighted by atomic mass is 9.72. The standard InChI is InChI=1S/C27H34N2O3/c1-5-27(6-2,25-16-14-23(29(25)4)26(30)31-7-3)22-13-15-24(21(17-22)18-28)32-19-20-11-9-8-10-12-20/h8-17H,5-7,18-19,28H2,1-4H3. The number of ether oxygens (including phenoxy) is 2. The molecule has 3 aromatic rings. The lowest BCUT2D eigenvalue weighted by Gasteiger charge is -2.34. The number of hydrogen-bond acceptors (Lipinski definition) is 4. The van der Waals surface area contributed by atoms with Crippen LogP contribution in [0.2, 0.25) is 0 Å². The first-order chi connectivity index (χ1) is 15.5. The molecule has 0 aliphatic heterocycles. The molecule has 0 unspecified atom stereocenters. The van der Waals surface area contributed by atoms with Gasteiger partial charge in [-0.15, -0.1) is 0 Å². The zero-order valence-corrected chi connectivity index (χ0v) is 19.6. The van der Waals surface area contributed by atoms with Crippen LogP contribution >= 0.6 is 0 Å². The van der Waals surface area contributed by atoms with Crippen molar-refractivity contribution in [3.8, 4) is 5.75 Å². The van der Waals surface area contributed by atoms with Crippen LogP contribution in [0, 0.1) is 0 Å². The molecule has 0 saturated carbocycles. The van der Waals surface area contributed by atoms with Crippen LogP contribution in [0.4, 0.5) is 0 Å². The highest BCUT2D eigenvalue weighted by Gasteiger charge is 2.35. The maximum absolute atomic E-state index is 12.4. The van der Waals surface area contributed by atoms with Gasteiger partial charge in [0.05, 0.1) is 6.61 Å². The number of carbonyl (C=O) groups excluding carboxylic acids is 1. The summed E-state index contributed by atoms with van der Waals surface area (Å²) in [5.74, 6) is 0.509. The zero-order chi connectivity index (χ0) is 23.1. The fraction of sp³-hybridized carbons (Fsp3) is 0.370. The second-order valence-corrected chi connectivity index (χ2v) is 7.97. The van der Waals surface area contributed by atoms with Crippen molar-refractivity contribution in [3.63, 3.8) is 0 Å². The predicted molar refractivity (Wildman–Crippen MR) is 128 cm³/mol. The van der Waals surface area contributed by atoms with Gasteiger partial charge in [-0.1, -0.05) is 50.2 Å². The van der Waals surface area contributed by atoms with Crippen molar-refractivity contribution in [2.24, 2.45) is 12.8 Å². The highest BCUT2D eigenvalue weighted by Crippen LogP contribution is 2.41. The molecule has 3 rings (SSSR count). The van der Waals surface area contributed by atoms with Crippen molar-refractivity contribution >= 4 is 5.97 Å². The molecule has 32 heavy (non-hydrogen) atoms. The summed E-state index contributed by atoms with van der Waals surface area (Å²) < 4.78 is 13.3. The first-order valence-corrected chi connectivity index (χ1v) is 11.3. The molecule has 170 valence electrons. The van der Waals surface area contributed by atoms with Crippen LogP contribution in [0.1, 0.15) is 66.5 Å². The van der Waals surface area contributed by atoms with E-state index in [4.69, 9.17) is 15.2 Å². The third kappa shape index (κ3) is 4.58. The lowest BCUT2D eigenvalue weighted by Crippen LogP contribution is -2.30. The van der Waals surface area contributed by atoms with Gasteiger partial charge in [-0.25, -0.2) is 4.79 Å². The molecule has 0 fully saturated rings. The molecule has 0 bridgehead atoms. The van der Waals surface area contributed by atoms with E-state index in [0.29, 0.717) is 25.5 Å². The minimum Gasteiger partial charge on any atom is -0.489 e. The van der Waals surface area contributed by atoms with E-state index in [1.807, 2.05) is 67.1 Å². The molecule has 0 amide bonds. The van der Waals surface area contributed by atoms with E-state index in [2.05, 4.69) is 26.0 Å². The van der Waals surface area contributed by atoms with Crippen molar-refractivity contribution in [2.45, 2.75) is 52.2 Å². The smallest absolute Gasteiger partial charge is 0.354 e. The summed E-state index contributed by atoms with van der Waals surface area (Å²) in [6, 6.07) is 20.3. The SMILES string of the molecule is CCOC(=O)c1ccc(C(CC)(CC)c2ccc(OCc3ccccc3)c(CN)c2)n1C. The van der Waals surface area contributed by atoms with Crippen LogP contribution in [0.3, 0.4) is 0 Å². The third-order valence-corrected chi connectivity index (χ3v) is 6.37. The van der Waals surface area contributed by atoms with Crippen LogP contribution in [0.25, 0.3) is 0 Å². The van der Waals surface area contributed by atoms with Gasteiger partial charge in [0.2, 0.25) is 0 Å². The van der Waals surface area contributed by atoms with Crippen molar-refractivity contribution < 1.29 is 14.3 Å². The Hall–Kier alpha value is -3.05. The fourth-order valence-electron chi connectivity index (χ4n) is 4.48. The molecule has 0 spiro atoms. The van der Waals surface area contributed by atoms with Crippen molar-refractivity contribution in [3.05, 3.63) is 88.7 Å². The molecule has 5 nitrogen and oxygen atoms in total. The summed E-state index contributed by atoms with van der Waals surface area (Å²) in [6.07, 6.45) is 1.77. The molecule has 0 atom stereocenters. The lowest BCUT2D eigenvalue weighted by molar-refractivity contribution is 0.0514. The minimum absolute atomic E-state index is 0.249. The zero-order valence-electron chi connectivity index (χ0n) is 19.6. The predicted octanol–water partition coefficient (Wildman–Crippen LogP) is 5.35. The Morgan fingerprint density at radius 3 is 2.34 bits per heavy atom. The van der Waals surface area contributed by atoms with E-state index >= 15 is 0 Å². The molecule has 5 heteroatoms. The van der Waals surface area contributed by atoms with Gasteiger partial charge in [0.1, 0.15) is 18.1 Å². The van der Waals surface area contributed by atoms with Gasteiger partial charge in [0.15, 0.2) is 0 Å². The summed E-state index contributed by atoms with van der Waals surface area (Å²) in [5.41, 5.74) is 10.8. The van der Waals surface area contributed by atoms with Crippen molar-refractivity contribution in [1.82, 2.24) is 4.57 Å². The van der Waals surface area contributed by atoms with E-state index in [0.717, 1.165) is 35.4 Å².